The Morgan fingerprint density at radius 1 is 1.29 bits per heavy atom. The van der Waals surface area contributed by atoms with Crippen LogP contribution in [0.4, 0.5) is 0 Å². The number of aryl methyl sites for hydroxylation is 2. The highest BCUT2D eigenvalue weighted by Gasteiger charge is 2.21. The molecule has 0 aromatic carbocycles. The average Bonchev–Trinajstić information content (AvgIpc) is 2.49. The van der Waals surface area contributed by atoms with E-state index in [1.807, 2.05) is 34.6 Å². The maximum absolute atomic E-state index is 12.1. The van der Waals surface area contributed by atoms with Crippen molar-refractivity contribution in [2.24, 2.45) is 11.7 Å². The second-order valence-electron chi connectivity index (χ2n) is 4.77. The largest absolute Gasteiger partial charge is 0.466 e. The SMILES string of the molecule is Cc1oc(C)c(C(=O)NC(CN)C(C)C)c1C. The standard InChI is InChI=1S/C13H22N2O2/c1-7(2)11(6-14)15-13(16)12-8(3)9(4)17-10(12)5/h7,11H,6,14H2,1-5H3,(H,15,16). The van der Waals surface area contributed by atoms with Gasteiger partial charge in [0, 0.05) is 18.2 Å². The Balaban J connectivity index is 2.90. The highest BCUT2D eigenvalue weighted by Crippen LogP contribution is 2.20. The summed E-state index contributed by atoms with van der Waals surface area (Å²) in [6.07, 6.45) is 0. The molecule has 1 rings (SSSR count). The van der Waals surface area contributed by atoms with Crippen LogP contribution in [0.2, 0.25) is 0 Å². The monoisotopic (exact) mass is 238 g/mol. The van der Waals surface area contributed by atoms with Crippen LogP contribution in [-0.4, -0.2) is 18.5 Å². The van der Waals surface area contributed by atoms with E-state index in [1.54, 1.807) is 0 Å². The molecule has 17 heavy (non-hydrogen) atoms. The number of furan rings is 1. The van der Waals surface area contributed by atoms with Crippen molar-refractivity contribution in [1.82, 2.24) is 5.32 Å². The van der Waals surface area contributed by atoms with Crippen molar-refractivity contribution >= 4 is 5.91 Å². The Labute approximate surface area is 103 Å². The van der Waals surface area contributed by atoms with Gasteiger partial charge in [0.1, 0.15) is 11.5 Å². The normalized spacial score (nSPS) is 12.9. The molecule has 0 radical (unpaired) electrons. The highest BCUT2D eigenvalue weighted by molar-refractivity contribution is 5.97. The molecule has 1 aromatic rings. The van der Waals surface area contributed by atoms with Gasteiger partial charge >= 0.3 is 0 Å². The molecular formula is C13H22N2O2. The van der Waals surface area contributed by atoms with Crippen molar-refractivity contribution in [1.29, 1.82) is 0 Å². The summed E-state index contributed by atoms with van der Waals surface area (Å²) in [5, 5.41) is 2.95. The van der Waals surface area contributed by atoms with E-state index < -0.39 is 0 Å². The van der Waals surface area contributed by atoms with Crippen LogP contribution in [-0.2, 0) is 0 Å². The average molecular weight is 238 g/mol. The first-order valence-corrected chi connectivity index (χ1v) is 5.96. The summed E-state index contributed by atoms with van der Waals surface area (Å²) in [7, 11) is 0. The molecule has 0 fully saturated rings. The van der Waals surface area contributed by atoms with Crippen molar-refractivity contribution in [2.45, 2.75) is 40.7 Å². The van der Waals surface area contributed by atoms with Crippen LogP contribution in [0.5, 0.6) is 0 Å². The Kier molecular flexibility index (Phi) is 4.34. The number of hydrogen-bond acceptors (Lipinski definition) is 3. The lowest BCUT2D eigenvalue weighted by Crippen LogP contribution is -2.43. The summed E-state index contributed by atoms with van der Waals surface area (Å²) in [5.41, 5.74) is 7.19. The van der Waals surface area contributed by atoms with Crippen LogP contribution < -0.4 is 11.1 Å². The fourth-order valence-corrected chi connectivity index (χ4v) is 1.87. The third-order valence-corrected chi connectivity index (χ3v) is 3.16. The minimum atomic E-state index is -0.0963. The van der Waals surface area contributed by atoms with Crippen LogP contribution in [0.15, 0.2) is 4.42 Å². The number of amides is 1. The molecule has 0 aliphatic carbocycles. The van der Waals surface area contributed by atoms with Gasteiger partial charge in [-0.1, -0.05) is 13.8 Å². The lowest BCUT2D eigenvalue weighted by molar-refractivity contribution is 0.0925. The van der Waals surface area contributed by atoms with Crippen molar-refractivity contribution in [2.75, 3.05) is 6.54 Å². The van der Waals surface area contributed by atoms with Gasteiger partial charge in [0.25, 0.3) is 5.91 Å². The van der Waals surface area contributed by atoms with Crippen LogP contribution in [0.25, 0.3) is 0 Å². The maximum atomic E-state index is 12.1. The van der Waals surface area contributed by atoms with Gasteiger partial charge in [-0.05, 0) is 26.7 Å². The molecule has 4 heteroatoms. The molecule has 1 heterocycles. The van der Waals surface area contributed by atoms with Gasteiger partial charge in [0.15, 0.2) is 0 Å². The minimum absolute atomic E-state index is 0.00324. The number of rotatable bonds is 4. The van der Waals surface area contributed by atoms with Gasteiger partial charge in [0.2, 0.25) is 0 Å². The van der Waals surface area contributed by atoms with Crippen molar-refractivity contribution < 1.29 is 9.21 Å². The van der Waals surface area contributed by atoms with Gasteiger partial charge < -0.3 is 15.5 Å². The van der Waals surface area contributed by atoms with Crippen LogP contribution in [0, 0.1) is 26.7 Å². The fourth-order valence-electron chi connectivity index (χ4n) is 1.87. The van der Waals surface area contributed by atoms with E-state index in [0.29, 0.717) is 23.8 Å². The molecule has 3 N–H and O–H groups in total. The molecule has 96 valence electrons. The molecule has 1 unspecified atom stereocenters. The summed E-state index contributed by atoms with van der Waals surface area (Å²) >= 11 is 0. The molecule has 0 aliphatic rings. The lowest BCUT2D eigenvalue weighted by Gasteiger charge is -2.20. The molecule has 1 amide bonds. The molecule has 0 aliphatic heterocycles. The first-order valence-electron chi connectivity index (χ1n) is 5.96. The van der Waals surface area contributed by atoms with Crippen molar-refractivity contribution in [3.05, 3.63) is 22.6 Å². The van der Waals surface area contributed by atoms with Crippen LogP contribution in [0.3, 0.4) is 0 Å². The zero-order chi connectivity index (χ0) is 13.2. The molecule has 0 spiro atoms. The van der Waals surface area contributed by atoms with Crippen molar-refractivity contribution in [3.8, 4) is 0 Å². The Bertz CT molecular complexity index is 408. The third kappa shape index (κ3) is 2.88. The predicted octanol–water partition coefficient (Wildman–Crippen LogP) is 1.92. The van der Waals surface area contributed by atoms with Crippen LogP contribution in [0.1, 0.15) is 41.3 Å². The first kappa shape index (κ1) is 13.8. The summed E-state index contributed by atoms with van der Waals surface area (Å²) in [6, 6.07) is -0.00324. The summed E-state index contributed by atoms with van der Waals surface area (Å²) in [5.74, 6) is 1.68. The molecule has 0 saturated heterocycles. The number of nitrogens with two attached hydrogens (primary N) is 1. The van der Waals surface area contributed by atoms with Gasteiger partial charge in [0.05, 0.1) is 5.56 Å². The van der Waals surface area contributed by atoms with Gasteiger partial charge in [-0.3, -0.25) is 4.79 Å². The quantitative estimate of drug-likeness (QED) is 0.842. The maximum Gasteiger partial charge on any atom is 0.255 e. The Morgan fingerprint density at radius 2 is 1.88 bits per heavy atom. The molecule has 4 nitrogen and oxygen atoms in total. The molecule has 1 aromatic heterocycles. The van der Waals surface area contributed by atoms with E-state index in [-0.39, 0.29) is 11.9 Å². The van der Waals surface area contributed by atoms with E-state index in [9.17, 15) is 4.79 Å². The summed E-state index contributed by atoms with van der Waals surface area (Å²) < 4.78 is 5.45. The second kappa shape index (κ2) is 5.36. The van der Waals surface area contributed by atoms with Crippen molar-refractivity contribution in [3.63, 3.8) is 0 Å². The highest BCUT2D eigenvalue weighted by atomic mass is 16.3. The summed E-state index contributed by atoms with van der Waals surface area (Å²) in [6.45, 7) is 10.1. The predicted molar refractivity (Wildman–Crippen MR) is 68.1 cm³/mol. The number of carbonyl (C=O) groups is 1. The van der Waals surface area contributed by atoms with E-state index in [0.717, 1.165) is 11.3 Å². The fraction of sp³-hybridized carbons (Fsp3) is 0.615. The molecule has 0 saturated carbocycles. The van der Waals surface area contributed by atoms with E-state index in [2.05, 4.69) is 5.32 Å². The Morgan fingerprint density at radius 3 is 2.24 bits per heavy atom. The first-order chi connectivity index (χ1) is 7.88. The van der Waals surface area contributed by atoms with Gasteiger partial charge in [-0.2, -0.15) is 0 Å². The minimum Gasteiger partial charge on any atom is -0.466 e. The topological polar surface area (TPSA) is 68.3 Å². The lowest BCUT2D eigenvalue weighted by atomic mass is 10.0. The zero-order valence-electron chi connectivity index (χ0n) is 11.3. The number of carbonyl (C=O) groups excluding carboxylic acids is 1. The van der Waals surface area contributed by atoms with E-state index >= 15 is 0 Å². The van der Waals surface area contributed by atoms with E-state index in [1.165, 1.54) is 0 Å². The molecular weight excluding hydrogens is 216 g/mol. The van der Waals surface area contributed by atoms with Crippen LogP contribution >= 0.6 is 0 Å². The van der Waals surface area contributed by atoms with Gasteiger partial charge in [-0.15, -0.1) is 0 Å². The number of hydrogen-bond donors (Lipinski definition) is 2. The third-order valence-electron chi connectivity index (χ3n) is 3.16. The van der Waals surface area contributed by atoms with E-state index in [4.69, 9.17) is 10.2 Å². The smallest absolute Gasteiger partial charge is 0.255 e. The Hall–Kier alpha value is -1.29. The zero-order valence-corrected chi connectivity index (χ0v) is 11.3. The summed E-state index contributed by atoms with van der Waals surface area (Å²) in [4.78, 5) is 12.1. The molecule has 1 atom stereocenters. The second-order valence-corrected chi connectivity index (χ2v) is 4.77. The number of nitrogens with one attached hydrogen (secondary N) is 1. The molecule has 0 bridgehead atoms. The van der Waals surface area contributed by atoms with Gasteiger partial charge in [-0.25, -0.2) is 0 Å².